The molecule has 0 radical (unpaired) electrons. The number of nitrogens with one attached hydrogen (secondary N) is 2. The van der Waals surface area contributed by atoms with Crippen LogP contribution in [0.3, 0.4) is 0 Å². The van der Waals surface area contributed by atoms with Gasteiger partial charge in [-0.25, -0.2) is 16.8 Å². The number of anilines is 2. The fraction of sp³-hybridized carbons (Fsp3) is 0.296. The highest BCUT2D eigenvalue weighted by Crippen LogP contribution is 2.26. The Kier molecular flexibility index (Phi) is 8.10. The molecule has 0 saturated carbocycles. The molecule has 0 unspecified atom stereocenters. The predicted molar refractivity (Wildman–Crippen MR) is 146 cm³/mol. The number of hydrogen-bond donors (Lipinski definition) is 2. The molecular formula is C27H31N3O6S2. The van der Waals surface area contributed by atoms with Gasteiger partial charge in [-0.15, -0.1) is 0 Å². The van der Waals surface area contributed by atoms with Crippen molar-refractivity contribution in [3.05, 3.63) is 77.9 Å². The predicted octanol–water partition coefficient (Wildman–Crippen LogP) is 4.15. The lowest BCUT2D eigenvalue weighted by atomic mass is 9.99. The van der Waals surface area contributed by atoms with Crippen LogP contribution in [0.2, 0.25) is 0 Å². The second kappa shape index (κ2) is 11.1. The van der Waals surface area contributed by atoms with Crippen LogP contribution in [0.15, 0.2) is 76.5 Å². The molecule has 0 aliphatic carbocycles. The third kappa shape index (κ3) is 6.17. The van der Waals surface area contributed by atoms with Crippen molar-refractivity contribution in [1.82, 2.24) is 4.31 Å². The Balaban J connectivity index is 1.40. The van der Waals surface area contributed by atoms with Crippen molar-refractivity contribution in [3.8, 4) is 5.75 Å². The van der Waals surface area contributed by atoms with Crippen LogP contribution in [-0.4, -0.2) is 47.2 Å². The topological polar surface area (TPSA) is 122 Å². The van der Waals surface area contributed by atoms with Gasteiger partial charge in [0.25, 0.3) is 10.0 Å². The third-order valence-electron chi connectivity index (χ3n) is 6.64. The number of aryl methyl sites for hydroxylation is 2. The number of nitrogens with zero attached hydrogens (tertiary/aromatic N) is 1. The Morgan fingerprint density at radius 3 is 2.13 bits per heavy atom. The smallest absolute Gasteiger partial charge is 0.261 e. The van der Waals surface area contributed by atoms with Gasteiger partial charge in [0, 0.05) is 24.5 Å². The van der Waals surface area contributed by atoms with Crippen LogP contribution >= 0.6 is 0 Å². The average Bonchev–Trinajstić information content (AvgIpc) is 2.91. The summed E-state index contributed by atoms with van der Waals surface area (Å²) in [6.45, 7) is 4.25. The van der Waals surface area contributed by atoms with Crippen LogP contribution in [-0.2, 0) is 24.8 Å². The molecule has 1 heterocycles. The molecule has 202 valence electrons. The molecule has 0 aromatic heterocycles. The van der Waals surface area contributed by atoms with Gasteiger partial charge in [-0.3, -0.25) is 9.52 Å². The van der Waals surface area contributed by atoms with E-state index in [1.807, 2.05) is 19.9 Å². The van der Waals surface area contributed by atoms with E-state index in [1.54, 1.807) is 24.3 Å². The minimum Gasteiger partial charge on any atom is -0.497 e. The van der Waals surface area contributed by atoms with E-state index in [0.29, 0.717) is 36.5 Å². The van der Waals surface area contributed by atoms with Gasteiger partial charge in [0.2, 0.25) is 15.9 Å². The maximum absolute atomic E-state index is 13.1. The SMILES string of the molecule is COc1ccc(S(=O)(=O)N2CCC[C@H](C(=O)Nc3ccc(S(=O)(=O)Nc4ccc(C)c(C)c4)cc3)C2)cc1. The summed E-state index contributed by atoms with van der Waals surface area (Å²) in [6, 6.07) is 17.3. The summed E-state index contributed by atoms with van der Waals surface area (Å²) >= 11 is 0. The fourth-order valence-corrected chi connectivity index (χ4v) is 6.83. The van der Waals surface area contributed by atoms with Gasteiger partial charge >= 0.3 is 0 Å². The van der Waals surface area contributed by atoms with Gasteiger partial charge in [0.05, 0.1) is 22.8 Å². The number of sulfonamides is 2. The van der Waals surface area contributed by atoms with E-state index in [1.165, 1.54) is 47.8 Å². The van der Waals surface area contributed by atoms with Crippen molar-refractivity contribution in [3.63, 3.8) is 0 Å². The lowest BCUT2D eigenvalue weighted by Gasteiger charge is -2.31. The van der Waals surface area contributed by atoms with Gasteiger partial charge in [-0.1, -0.05) is 6.07 Å². The van der Waals surface area contributed by atoms with Gasteiger partial charge in [-0.2, -0.15) is 4.31 Å². The molecule has 1 atom stereocenters. The number of ether oxygens (including phenoxy) is 1. The molecule has 4 rings (SSSR count). The van der Waals surface area contributed by atoms with Crippen molar-refractivity contribution in [1.29, 1.82) is 0 Å². The van der Waals surface area contributed by atoms with Crippen molar-refractivity contribution in [2.24, 2.45) is 5.92 Å². The van der Waals surface area contributed by atoms with Crippen molar-refractivity contribution in [2.75, 3.05) is 30.2 Å². The Morgan fingerprint density at radius 2 is 1.50 bits per heavy atom. The third-order valence-corrected chi connectivity index (χ3v) is 9.92. The number of benzene rings is 3. The normalized spacial score (nSPS) is 16.6. The number of carbonyl (C=O) groups is 1. The summed E-state index contributed by atoms with van der Waals surface area (Å²) < 4.78 is 60.8. The molecule has 3 aromatic rings. The Labute approximate surface area is 223 Å². The maximum Gasteiger partial charge on any atom is 0.261 e. The minimum absolute atomic E-state index is 0.0585. The van der Waals surface area contributed by atoms with E-state index < -0.39 is 26.0 Å². The highest BCUT2D eigenvalue weighted by Gasteiger charge is 2.33. The number of rotatable bonds is 8. The Morgan fingerprint density at radius 1 is 0.868 bits per heavy atom. The van der Waals surface area contributed by atoms with Crippen LogP contribution in [0.5, 0.6) is 5.75 Å². The zero-order chi connectivity index (χ0) is 27.5. The average molecular weight is 558 g/mol. The second-order valence-corrected chi connectivity index (χ2v) is 12.9. The van der Waals surface area contributed by atoms with Crippen molar-refractivity contribution < 1.29 is 26.4 Å². The molecule has 38 heavy (non-hydrogen) atoms. The number of amides is 1. The molecular weight excluding hydrogens is 526 g/mol. The molecule has 9 nitrogen and oxygen atoms in total. The van der Waals surface area contributed by atoms with Crippen LogP contribution in [0.4, 0.5) is 11.4 Å². The lowest BCUT2D eigenvalue weighted by Crippen LogP contribution is -2.43. The number of methoxy groups -OCH3 is 1. The molecule has 1 amide bonds. The first-order chi connectivity index (χ1) is 18.0. The van der Waals surface area contributed by atoms with Crippen LogP contribution < -0.4 is 14.8 Å². The Hall–Kier alpha value is -3.41. The van der Waals surface area contributed by atoms with E-state index in [9.17, 15) is 21.6 Å². The molecule has 1 aliphatic rings. The highest BCUT2D eigenvalue weighted by molar-refractivity contribution is 7.92. The molecule has 1 saturated heterocycles. The van der Waals surface area contributed by atoms with Crippen LogP contribution in [0, 0.1) is 19.8 Å². The van der Waals surface area contributed by atoms with Crippen molar-refractivity contribution >= 4 is 37.3 Å². The molecule has 1 aliphatic heterocycles. The largest absolute Gasteiger partial charge is 0.497 e. The summed E-state index contributed by atoms with van der Waals surface area (Å²) in [7, 11) is -6.06. The summed E-state index contributed by atoms with van der Waals surface area (Å²) in [5.74, 6) is -0.296. The standard InChI is InChI=1S/C27H31N3O6S2/c1-19-6-7-23(17-20(19)2)29-37(32,33)25-12-8-22(9-13-25)28-27(31)21-5-4-16-30(18-21)38(34,35)26-14-10-24(36-3)11-15-26/h6-15,17,21,29H,4-5,16,18H2,1-3H3,(H,28,31)/t21-/m0/s1. The number of carbonyl (C=O) groups excluding carboxylic acids is 1. The molecule has 0 bridgehead atoms. The summed E-state index contributed by atoms with van der Waals surface area (Å²) in [5.41, 5.74) is 2.93. The summed E-state index contributed by atoms with van der Waals surface area (Å²) in [5, 5.41) is 2.79. The molecule has 2 N–H and O–H groups in total. The van der Waals surface area contributed by atoms with Crippen molar-refractivity contribution in [2.45, 2.75) is 36.5 Å². The molecule has 3 aromatic carbocycles. The van der Waals surface area contributed by atoms with Gasteiger partial charge in [-0.05, 0) is 98.5 Å². The number of hydrogen-bond acceptors (Lipinski definition) is 6. The molecule has 1 fully saturated rings. The maximum atomic E-state index is 13.1. The van der Waals surface area contributed by atoms with Crippen LogP contribution in [0.1, 0.15) is 24.0 Å². The second-order valence-electron chi connectivity index (χ2n) is 9.30. The van der Waals surface area contributed by atoms with Crippen LogP contribution in [0.25, 0.3) is 0 Å². The quantitative estimate of drug-likeness (QED) is 0.429. The first-order valence-corrected chi connectivity index (χ1v) is 15.1. The van der Waals surface area contributed by atoms with Gasteiger partial charge < -0.3 is 10.1 Å². The monoisotopic (exact) mass is 557 g/mol. The van der Waals surface area contributed by atoms with Gasteiger partial charge in [0.15, 0.2) is 0 Å². The zero-order valence-corrected chi connectivity index (χ0v) is 23.1. The van der Waals surface area contributed by atoms with E-state index >= 15 is 0 Å². The van der Waals surface area contributed by atoms with E-state index in [-0.39, 0.29) is 22.2 Å². The van der Waals surface area contributed by atoms with E-state index in [0.717, 1.165) is 11.1 Å². The Bertz CT molecular complexity index is 1520. The van der Waals surface area contributed by atoms with Gasteiger partial charge in [0.1, 0.15) is 5.75 Å². The molecule has 11 heteroatoms. The first kappa shape index (κ1) is 27.6. The highest BCUT2D eigenvalue weighted by atomic mass is 32.2. The first-order valence-electron chi connectivity index (χ1n) is 12.1. The summed E-state index contributed by atoms with van der Waals surface area (Å²) in [4.78, 5) is 13.2. The van der Waals surface area contributed by atoms with E-state index in [2.05, 4.69) is 10.0 Å². The minimum atomic E-state index is -3.81. The number of piperidine rings is 1. The lowest BCUT2D eigenvalue weighted by molar-refractivity contribution is -0.120. The zero-order valence-electron chi connectivity index (χ0n) is 21.5. The molecule has 0 spiro atoms. The fourth-order valence-electron chi connectivity index (χ4n) is 4.25. The van der Waals surface area contributed by atoms with E-state index in [4.69, 9.17) is 4.74 Å². The summed E-state index contributed by atoms with van der Waals surface area (Å²) in [6.07, 6.45) is 1.10.